The Morgan fingerprint density at radius 3 is 2.68 bits per heavy atom. The van der Waals surface area contributed by atoms with Gasteiger partial charge in [-0.15, -0.1) is 0 Å². The third-order valence-electron chi connectivity index (χ3n) is 4.06. The van der Waals surface area contributed by atoms with Gasteiger partial charge in [-0.1, -0.05) is 36.8 Å². The van der Waals surface area contributed by atoms with Crippen LogP contribution in [0.5, 0.6) is 0 Å². The van der Waals surface area contributed by atoms with Gasteiger partial charge in [-0.25, -0.2) is 0 Å². The van der Waals surface area contributed by atoms with E-state index in [0.717, 1.165) is 32.6 Å². The minimum Gasteiger partial charge on any atom is -0.381 e. The van der Waals surface area contributed by atoms with E-state index in [2.05, 4.69) is 43.4 Å². The lowest BCUT2D eigenvalue weighted by Gasteiger charge is -2.43. The van der Waals surface area contributed by atoms with Crippen LogP contribution in [0.1, 0.15) is 36.9 Å². The number of hydrogen-bond donors (Lipinski definition) is 1. The molecule has 0 radical (unpaired) electrons. The summed E-state index contributed by atoms with van der Waals surface area (Å²) >= 11 is 0. The second-order valence-corrected chi connectivity index (χ2v) is 5.29. The van der Waals surface area contributed by atoms with Crippen LogP contribution in [0.2, 0.25) is 0 Å². The zero-order valence-corrected chi connectivity index (χ0v) is 12.2. The molecule has 1 N–H and O–H groups in total. The molecule has 0 saturated carbocycles. The first-order chi connectivity index (χ1) is 9.22. The number of ether oxygens (including phenoxy) is 2. The van der Waals surface area contributed by atoms with E-state index in [1.54, 1.807) is 0 Å². The van der Waals surface area contributed by atoms with Gasteiger partial charge in [0.15, 0.2) is 0 Å². The van der Waals surface area contributed by atoms with E-state index in [9.17, 15) is 0 Å². The molecular weight excluding hydrogens is 238 g/mol. The fourth-order valence-corrected chi connectivity index (χ4v) is 2.99. The van der Waals surface area contributed by atoms with Gasteiger partial charge in [0.05, 0.1) is 11.6 Å². The van der Waals surface area contributed by atoms with Gasteiger partial charge in [-0.2, -0.15) is 0 Å². The van der Waals surface area contributed by atoms with Gasteiger partial charge in [-0.05, 0) is 19.0 Å². The Balaban J connectivity index is 2.32. The Labute approximate surface area is 116 Å². The summed E-state index contributed by atoms with van der Waals surface area (Å²) in [7, 11) is 1.82. The third-order valence-corrected chi connectivity index (χ3v) is 4.06. The third kappa shape index (κ3) is 3.16. The molecule has 106 valence electrons. The number of methoxy groups -OCH3 is 1. The van der Waals surface area contributed by atoms with Gasteiger partial charge >= 0.3 is 0 Å². The highest BCUT2D eigenvalue weighted by Crippen LogP contribution is 2.37. The zero-order chi connectivity index (χ0) is 13.7. The number of nitrogens with one attached hydrogen (secondary N) is 1. The van der Waals surface area contributed by atoms with Crippen molar-refractivity contribution in [3.05, 3.63) is 35.4 Å². The van der Waals surface area contributed by atoms with Crippen LogP contribution in [0.3, 0.4) is 0 Å². The number of likely N-dealkylation sites (N-methyl/N-ethyl adjacent to an activating group) is 1. The maximum atomic E-state index is 5.95. The van der Waals surface area contributed by atoms with Gasteiger partial charge in [-0.3, -0.25) is 0 Å². The van der Waals surface area contributed by atoms with Crippen LogP contribution >= 0.6 is 0 Å². The lowest BCUT2D eigenvalue weighted by atomic mass is 9.81. The van der Waals surface area contributed by atoms with Gasteiger partial charge in [0.1, 0.15) is 0 Å². The van der Waals surface area contributed by atoms with E-state index in [1.807, 2.05) is 7.11 Å². The van der Waals surface area contributed by atoms with Crippen LogP contribution < -0.4 is 5.32 Å². The SMILES string of the molecule is CCNC(c1cccc(C)c1)C1(OC)CCOCC1. The minimum absolute atomic E-state index is 0.151. The van der Waals surface area contributed by atoms with Crippen LogP contribution in [0.4, 0.5) is 0 Å². The maximum Gasteiger partial charge on any atom is 0.0916 e. The highest BCUT2D eigenvalue weighted by Gasteiger charge is 2.41. The predicted molar refractivity (Wildman–Crippen MR) is 77.4 cm³/mol. The first-order valence-electron chi connectivity index (χ1n) is 7.14. The number of hydrogen-bond acceptors (Lipinski definition) is 3. The lowest BCUT2D eigenvalue weighted by molar-refractivity contribution is -0.111. The van der Waals surface area contributed by atoms with Crippen molar-refractivity contribution in [1.29, 1.82) is 0 Å². The molecule has 1 aliphatic heterocycles. The summed E-state index contributed by atoms with van der Waals surface area (Å²) in [5, 5.41) is 3.61. The molecule has 1 fully saturated rings. The monoisotopic (exact) mass is 263 g/mol. The highest BCUT2D eigenvalue weighted by atomic mass is 16.5. The molecule has 0 spiro atoms. The van der Waals surface area contributed by atoms with Crippen LogP contribution in [0.15, 0.2) is 24.3 Å². The van der Waals surface area contributed by atoms with Crippen LogP contribution in [-0.2, 0) is 9.47 Å². The molecule has 3 nitrogen and oxygen atoms in total. The smallest absolute Gasteiger partial charge is 0.0916 e. The van der Waals surface area contributed by atoms with Crippen molar-refractivity contribution in [3.8, 4) is 0 Å². The quantitative estimate of drug-likeness (QED) is 0.886. The maximum absolute atomic E-state index is 5.95. The van der Waals surface area contributed by atoms with Crippen LogP contribution in [-0.4, -0.2) is 32.5 Å². The molecule has 0 aliphatic carbocycles. The van der Waals surface area contributed by atoms with E-state index in [1.165, 1.54) is 11.1 Å². The Morgan fingerprint density at radius 1 is 1.37 bits per heavy atom. The van der Waals surface area contributed by atoms with E-state index in [4.69, 9.17) is 9.47 Å². The Hall–Kier alpha value is -0.900. The van der Waals surface area contributed by atoms with E-state index >= 15 is 0 Å². The standard InChI is InChI=1S/C16H25NO2/c1-4-17-15(14-7-5-6-13(2)12-14)16(18-3)8-10-19-11-9-16/h5-7,12,15,17H,4,8-11H2,1-3H3. The Kier molecular flexibility index (Phi) is 4.97. The number of benzene rings is 1. The summed E-state index contributed by atoms with van der Waals surface area (Å²) in [6.07, 6.45) is 1.88. The van der Waals surface area contributed by atoms with Gasteiger partial charge in [0, 0.05) is 33.2 Å². The Bertz CT molecular complexity index is 399. The molecular formula is C16H25NO2. The Morgan fingerprint density at radius 2 is 2.11 bits per heavy atom. The van der Waals surface area contributed by atoms with Crippen molar-refractivity contribution < 1.29 is 9.47 Å². The number of rotatable bonds is 5. The molecule has 1 unspecified atom stereocenters. The summed E-state index contributed by atoms with van der Waals surface area (Å²) in [5.41, 5.74) is 2.45. The van der Waals surface area contributed by atoms with Gasteiger partial charge in [0.25, 0.3) is 0 Å². The summed E-state index contributed by atoms with van der Waals surface area (Å²) in [6.45, 7) is 6.77. The summed E-state index contributed by atoms with van der Waals surface area (Å²) in [6, 6.07) is 8.93. The molecule has 0 bridgehead atoms. The molecule has 1 heterocycles. The summed E-state index contributed by atoms with van der Waals surface area (Å²) in [4.78, 5) is 0. The molecule has 1 atom stereocenters. The largest absolute Gasteiger partial charge is 0.381 e. The molecule has 0 aromatic heterocycles. The van der Waals surface area contributed by atoms with E-state index in [0.29, 0.717) is 0 Å². The van der Waals surface area contributed by atoms with Crippen molar-refractivity contribution in [3.63, 3.8) is 0 Å². The van der Waals surface area contributed by atoms with E-state index in [-0.39, 0.29) is 11.6 Å². The van der Waals surface area contributed by atoms with Crippen molar-refractivity contribution >= 4 is 0 Å². The van der Waals surface area contributed by atoms with Gasteiger partial charge < -0.3 is 14.8 Å². The molecule has 1 saturated heterocycles. The molecule has 0 amide bonds. The predicted octanol–water partition coefficient (Wildman–Crippen LogP) is 2.84. The second-order valence-electron chi connectivity index (χ2n) is 5.29. The minimum atomic E-state index is -0.151. The van der Waals surface area contributed by atoms with Gasteiger partial charge in [0.2, 0.25) is 0 Å². The molecule has 1 aromatic carbocycles. The van der Waals surface area contributed by atoms with E-state index < -0.39 is 0 Å². The normalized spacial score (nSPS) is 20.2. The summed E-state index contributed by atoms with van der Waals surface area (Å²) in [5.74, 6) is 0. The highest BCUT2D eigenvalue weighted by molar-refractivity contribution is 5.27. The molecule has 1 aliphatic rings. The lowest BCUT2D eigenvalue weighted by Crippen LogP contribution is -2.49. The molecule has 3 heteroatoms. The van der Waals surface area contributed by atoms with Crippen molar-refractivity contribution in [2.75, 3.05) is 26.9 Å². The van der Waals surface area contributed by atoms with Crippen molar-refractivity contribution in [1.82, 2.24) is 5.32 Å². The molecule has 19 heavy (non-hydrogen) atoms. The first kappa shape index (κ1) is 14.5. The average Bonchev–Trinajstić information content (AvgIpc) is 2.45. The van der Waals surface area contributed by atoms with Crippen LogP contribution in [0.25, 0.3) is 0 Å². The fraction of sp³-hybridized carbons (Fsp3) is 0.625. The van der Waals surface area contributed by atoms with Crippen molar-refractivity contribution in [2.45, 2.75) is 38.3 Å². The fourth-order valence-electron chi connectivity index (χ4n) is 2.99. The second kappa shape index (κ2) is 6.51. The van der Waals surface area contributed by atoms with Crippen molar-refractivity contribution in [2.24, 2.45) is 0 Å². The first-order valence-corrected chi connectivity index (χ1v) is 7.14. The molecule has 2 rings (SSSR count). The average molecular weight is 263 g/mol. The number of aryl methyl sites for hydroxylation is 1. The topological polar surface area (TPSA) is 30.5 Å². The molecule has 1 aromatic rings. The zero-order valence-electron chi connectivity index (χ0n) is 12.2. The van der Waals surface area contributed by atoms with Crippen LogP contribution in [0, 0.1) is 6.92 Å². The summed E-state index contributed by atoms with van der Waals surface area (Å²) < 4.78 is 11.5.